The van der Waals surface area contributed by atoms with Gasteiger partial charge in [0.2, 0.25) is 0 Å². The van der Waals surface area contributed by atoms with Gasteiger partial charge in [-0.2, -0.15) is 0 Å². The molecular weight excluding hydrogens is 226 g/mol. The van der Waals surface area contributed by atoms with Crippen LogP contribution in [0.25, 0.3) is 0 Å². The van der Waals surface area contributed by atoms with E-state index in [1.165, 1.54) is 0 Å². The van der Waals surface area contributed by atoms with E-state index in [1.54, 1.807) is 4.90 Å². The fourth-order valence-corrected chi connectivity index (χ4v) is 2.42. The minimum atomic E-state index is -0.194. The smallest absolute Gasteiger partial charge is 0.254 e. The highest BCUT2D eigenvalue weighted by Crippen LogP contribution is 2.31. The van der Waals surface area contributed by atoms with Crippen molar-refractivity contribution in [3.63, 3.8) is 0 Å². The van der Waals surface area contributed by atoms with Gasteiger partial charge in [0.25, 0.3) is 5.91 Å². The fraction of sp³-hybridized carbons (Fsp3) is 0.467. The summed E-state index contributed by atoms with van der Waals surface area (Å²) in [5.74, 6) is 0.348. The van der Waals surface area contributed by atoms with Gasteiger partial charge in [-0.05, 0) is 31.9 Å². The summed E-state index contributed by atoms with van der Waals surface area (Å²) in [6.07, 6.45) is 2.70. The van der Waals surface area contributed by atoms with Crippen LogP contribution in [0.2, 0.25) is 0 Å². The topological polar surface area (TPSA) is 37.4 Å². The second-order valence-corrected chi connectivity index (χ2v) is 5.27. The van der Waals surface area contributed by atoms with Crippen LogP contribution < -0.4 is 0 Å². The maximum absolute atomic E-state index is 12.4. The lowest BCUT2D eigenvalue weighted by molar-refractivity contribution is -0.122. The molecule has 1 aromatic rings. The number of benzene rings is 1. The predicted octanol–water partition coefficient (Wildman–Crippen LogP) is 2.66. The molecule has 1 aliphatic carbocycles. The summed E-state index contributed by atoms with van der Waals surface area (Å²) in [5, 5.41) is 0. The Hall–Kier alpha value is -1.64. The van der Waals surface area contributed by atoms with E-state index in [0.717, 1.165) is 12.8 Å². The van der Waals surface area contributed by atoms with E-state index in [4.69, 9.17) is 0 Å². The minimum absolute atomic E-state index is 0.0347. The van der Waals surface area contributed by atoms with Gasteiger partial charge in [0.15, 0.2) is 0 Å². The zero-order chi connectivity index (χ0) is 13.2. The zero-order valence-corrected chi connectivity index (χ0v) is 11.0. The molecule has 0 bridgehead atoms. The van der Waals surface area contributed by atoms with Gasteiger partial charge < -0.3 is 4.90 Å². The zero-order valence-electron chi connectivity index (χ0n) is 11.0. The van der Waals surface area contributed by atoms with Gasteiger partial charge in [0, 0.05) is 31.0 Å². The number of rotatable bonds is 2. The van der Waals surface area contributed by atoms with Crippen LogP contribution >= 0.6 is 0 Å². The number of nitrogens with zero attached hydrogens (tertiary/aromatic N) is 1. The van der Waals surface area contributed by atoms with Gasteiger partial charge in [0.05, 0.1) is 0 Å². The van der Waals surface area contributed by atoms with Crippen molar-refractivity contribution >= 4 is 11.7 Å². The summed E-state index contributed by atoms with van der Waals surface area (Å²) in [5.41, 5.74) is 0.513. The molecule has 0 saturated heterocycles. The van der Waals surface area contributed by atoms with Crippen LogP contribution in [-0.2, 0) is 4.79 Å². The Bertz CT molecular complexity index is 443. The quantitative estimate of drug-likeness (QED) is 0.803. The van der Waals surface area contributed by atoms with Crippen molar-refractivity contribution in [1.29, 1.82) is 0 Å². The highest BCUT2D eigenvalue weighted by molar-refractivity contribution is 5.94. The number of amides is 1. The third-order valence-corrected chi connectivity index (χ3v) is 4.02. The highest BCUT2D eigenvalue weighted by Gasteiger charge is 2.36. The third-order valence-electron chi connectivity index (χ3n) is 4.02. The lowest BCUT2D eigenvalue weighted by Gasteiger charge is -2.41. The van der Waals surface area contributed by atoms with E-state index in [2.05, 4.69) is 6.92 Å². The molecule has 0 unspecified atom stereocenters. The average molecular weight is 245 g/mol. The minimum Gasteiger partial charge on any atom is -0.336 e. The van der Waals surface area contributed by atoms with Gasteiger partial charge in [0.1, 0.15) is 5.78 Å². The van der Waals surface area contributed by atoms with E-state index >= 15 is 0 Å². The average Bonchev–Trinajstić information content (AvgIpc) is 2.41. The van der Waals surface area contributed by atoms with Crippen LogP contribution in [0.15, 0.2) is 30.3 Å². The van der Waals surface area contributed by atoms with Gasteiger partial charge in [-0.15, -0.1) is 0 Å². The molecule has 1 aromatic carbocycles. The molecule has 1 fully saturated rings. The van der Waals surface area contributed by atoms with Crippen molar-refractivity contribution < 1.29 is 9.59 Å². The Morgan fingerprint density at radius 3 is 2.28 bits per heavy atom. The molecule has 0 N–H and O–H groups in total. The van der Waals surface area contributed by atoms with Crippen molar-refractivity contribution in [2.75, 3.05) is 7.05 Å². The van der Waals surface area contributed by atoms with E-state index in [0.29, 0.717) is 24.2 Å². The van der Waals surface area contributed by atoms with Gasteiger partial charge >= 0.3 is 0 Å². The lowest BCUT2D eigenvalue weighted by atomic mass is 9.81. The van der Waals surface area contributed by atoms with E-state index in [-0.39, 0.29) is 11.4 Å². The Kier molecular flexibility index (Phi) is 3.50. The number of ketones is 1. The SMILES string of the molecule is CN(C(=O)c1ccccc1)C1(C)CCC(=O)CC1. The molecule has 1 amide bonds. The molecule has 0 radical (unpaired) electrons. The first-order valence-electron chi connectivity index (χ1n) is 6.38. The summed E-state index contributed by atoms with van der Waals surface area (Å²) in [6.45, 7) is 2.07. The highest BCUT2D eigenvalue weighted by atomic mass is 16.2. The van der Waals surface area contributed by atoms with E-state index in [9.17, 15) is 9.59 Å². The first-order valence-corrected chi connectivity index (χ1v) is 6.38. The van der Waals surface area contributed by atoms with Crippen molar-refractivity contribution in [3.05, 3.63) is 35.9 Å². The Balaban J connectivity index is 2.14. The molecule has 3 heteroatoms. The summed E-state index contributed by atoms with van der Waals surface area (Å²) in [6, 6.07) is 9.30. The normalized spacial score (nSPS) is 18.4. The van der Waals surface area contributed by atoms with Gasteiger partial charge in [-0.3, -0.25) is 9.59 Å². The summed E-state index contributed by atoms with van der Waals surface area (Å²) < 4.78 is 0. The Morgan fingerprint density at radius 1 is 1.17 bits per heavy atom. The van der Waals surface area contributed by atoms with Crippen molar-refractivity contribution in [2.45, 2.75) is 38.1 Å². The number of hydrogen-bond acceptors (Lipinski definition) is 2. The standard InChI is InChI=1S/C15H19NO2/c1-15(10-8-13(17)9-11-15)16(2)14(18)12-6-4-3-5-7-12/h3-7H,8-11H2,1-2H3. The molecule has 2 rings (SSSR count). The molecule has 0 atom stereocenters. The lowest BCUT2D eigenvalue weighted by Crippen LogP contribution is -2.49. The van der Waals surface area contributed by atoms with Gasteiger partial charge in [-0.1, -0.05) is 18.2 Å². The molecule has 0 aliphatic heterocycles. The molecule has 96 valence electrons. The van der Waals surface area contributed by atoms with Crippen LogP contribution in [0.3, 0.4) is 0 Å². The number of hydrogen-bond donors (Lipinski definition) is 0. The molecule has 1 saturated carbocycles. The third kappa shape index (κ3) is 2.45. The van der Waals surface area contributed by atoms with Gasteiger partial charge in [-0.25, -0.2) is 0 Å². The first kappa shape index (κ1) is 12.8. The number of carbonyl (C=O) groups is 2. The molecular formula is C15H19NO2. The second kappa shape index (κ2) is 4.92. The maximum atomic E-state index is 12.4. The Labute approximate surface area is 108 Å². The molecule has 0 aromatic heterocycles. The Morgan fingerprint density at radius 2 is 1.72 bits per heavy atom. The predicted molar refractivity (Wildman–Crippen MR) is 70.4 cm³/mol. The maximum Gasteiger partial charge on any atom is 0.254 e. The molecule has 0 spiro atoms. The second-order valence-electron chi connectivity index (χ2n) is 5.27. The molecule has 18 heavy (non-hydrogen) atoms. The number of carbonyl (C=O) groups excluding carboxylic acids is 2. The molecule has 3 nitrogen and oxygen atoms in total. The monoisotopic (exact) mass is 245 g/mol. The number of Topliss-reactive ketones (excluding diaryl/α,β-unsaturated/α-hetero) is 1. The van der Waals surface area contributed by atoms with Crippen LogP contribution in [-0.4, -0.2) is 29.2 Å². The fourth-order valence-electron chi connectivity index (χ4n) is 2.42. The summed E-state index contributed by atoms with van der Waals surface area (Å²) in [4.78, 5) is 25.5. The van der Waals surface area contributed by atoms with Crippen molar-refractivity contribution in [1.82, 2.24) is 4.90 Å². The van der Waals surface area contributed by atoms with Crippen LogP contribution in [0.1, 0.15) is 43.0 Å². The van der Waals surface area contributed by atoms with E-state index in [1.807, 2.05) is 37.4 Å². The summed E-state index contributed by atoms with van der Waals surface area (Å²) in [7, 11) is 1.84. The molecule has 1 aliphatic rings. The van der Waals surface area contributed by atoms with Crippen LogP contribution in [0.5, 0.6) is 0 Å². The van der Waals surface area contributed by atoms with Crippen LogP contribution in [0, 0.1) is 0 Å². The van der Waals surface area contributed by atoms with Crippen LogP contribution in [0.4, 0.5) is 0 Å². The van der Waals surface area contributed by atoms with E-state index < -0.39 is 0 Å². The first-order chi connectivity index (χ1) is 8.53. The largest absolute Gasteiger partial charge is 0.336 e. The summed E-state index contributed by atoms with van der Waals surface area (Å²) >= 11 is 0. The van der Waals surface area contributed by atoms with Crippen molar-refractivity contribution in [2.24, 2.45) is 0 Å². The molecule has 0 heterocycles. The van der Waals surface area contributed by atoms with Crippen molar-refractivity contribution in [3.8, 4) is 0 Å².